The maximum atomic E-state index is 12.3. The Bertz CT molecular complexity index is 892. The van der Waals surface area contributed by atoms with E-state index >= 15 is 0 Å². The molecule has 0 aliphatic rings. The summed E-state index contributed by atoms with van der Waals surface area (Å²) in [6.07, 6.45) is 0. The van der Waals surface area contributed by atoms with E-state index in [0.29, 0.717) is 11.4 Å². The highest BCUT2D eigenvalue weighted by atomic mass is 16.2. The number of aromatic amines is 2. The van der Waals surface area contributed by atoms with Crippen molar-refractivity contribution < 1.29 is 4.79 Å². The fraction of sp³-hybridized carbons (Fsp3) is 0.133. The highest BCUT2D eigenvalue weighted by Crippen LogP contribution is 2.20. The van der Waals surface area contributed by atoms with Crippen LogP contribution in [0.2, 0.25) is 0 Å². The van der Waals surface area contributed by atoms with Gasteiger partial charge < -0.3 is 10.3 Å². The van der Waals surface area contributed by atoms with Gasteiger partial charge in [0.2, 0.25) is 0 Å². The van der Waals surface area contributed by atoms with Gasteiger partial charge in [-0.05, 0) is 37.6 Å². The maximum absolute atomic E-state index is 12.3. The van der Waals surface area contributed by atoms with Crippen LogP contribution in [-0.4, -0.2) is 21.1 Å². The number of pyridine rings is 1. The first kappa shape index (κ1) is 13.1. The van der Waals surface area contributed by atoms with E-state index in [9.17, 15) is 9.59 Å². The van der Waals surface area contributed by atoms with Crippen LogP contribution in [0.4, 0.5) is 5.82 Å². The standard InChI is InChI=1S/C15H14N4O2/c1-8-7-9(2)16-14(20)12(8)15(21)17-13-10-5-3-4-6-11(10)18-19-13/h3-7H,1-2H3,(H,16,20)(H2,17,18,19,21). The fourth-order valence-corrected chi connectivity index (χ4v) is 2.36. The van der Waals surface area contributed by atoms with Crippen LogP contribution in [0, 0.1) is 13.8 Å². The van der Waals surface area contributed by atoms with Crippen molar-refractivity contribution in [2.45, 2.75) is 13.8 Å². The minimum absolute atomic E-state index is 0.104. The summed E-state index contributed by atoms with van der Waals surface area (Å²) in [5.41, 5.74) is 1.88. The number of aromatic nitrogens is 3. The van der Waals surface area contributed by atoms with Crippen molar-refractivity contribution >= 4 is 22.6 Å². The largest absolute Gasteiger partial charge is 0.326 e. The summed E-state index contributed by atoms with van der Waals surface area (Å²) in [5.74, 6) is -0.0546. The lowest BCUT2D eigenvalue weighted by Crippen LogP contribution is -2.25. The van der Waals surface area contributed by atoms with Crippen LogP contribution in [0.1, 0.15) is 21.6 Å². The Morgan fingerprint density at radius 1 is 1.24 bits per heavy atom. The molecule has 0 saturated carbocycles. The van der Waals surface area contributed by atoms with Gasteiger partial charge in [-0.3, -0.25) is 14.7 Å². The molecule has 2 aromatic heterocycles. The third-order valence-electron chi connectivity index (χ3n) is 3.29. The quantitative estimate of drug-likeness (QED) is 0.672. The summed E-state index contributed by atoms with van der Waals surface area (Å²) >= 11 is 0. The minimum Gasteiger partial charge on any atom is -0.326 e. The number of nitrogens with zero attached hydrogens (tertiary/aromatic N) is 1. The molecule has 0 unspecified atom stereocenters. The highest BCUT2D eigenvalue weighted by Gasteiger charge is 2.16. The summed E-state index contributed by atoms with van der Waals surface area (Å²) in [7, 11) is 0. The highest BCUT2D eigenvalue weighted by molar-refractivity contribution is 6.08. The predicted molar refractivity (Wildman–Crippen MR) is 80.6 cm³/mol. The van der Waals surface area contributed by atoms with Crippen molar-refractivity contribution in [3.05, 3.63) is 57.5 Å². The lowest BCUT2D eigenvalue weighted by Gasteiger charge is -2.06. The summed E-state index contributed by atoms with van der Waals surface area (Å²) in [6, 6.07) is 9.21. The molecule has 0 atom stereocenters. The first-order valence-corrected chi connectivity index (χ1v) is 6.51. The third-order valence-corrected chi connectivity index (χ3v) is 3.29. The van der Waals surface area contributed by atoms with Gasteiger partial charge in [-0.2, -0.15) is 5.10 Å². The zero-order chi connectivity index (χ0) is 15.0. The van der Waals surface area contributed by atoms with Crippen molar-refractivity contribution in [1.29, 1.82) is 0 Å². The summed E-state index contributed by atoms with van der Waals surface area (Å²) < 4.78 is 0. The number of hydrogen-bond donors (Lipinski definition) is 3. The van der Waals surface area contributed by atoms with Crippen molar-refractivity contribution in [2.24, 2.45) is 0 Å². The number of nitrogens with one attached hydrogen (secondary N) is 3. The van der Waals surface area contributed by atoms with Crippen LogP contribution in [0.3, 0.4) is 0 Å². The van der Waals surface area contributed by atoms with Crippen molar-refractivity contribution in [1.82, 2.24) is 15.2 Å². The molecule has 0 saturated heterocycles. The number of benzene rings is 1. The molecule has 1 aromatic carbocycles. The first-order valence-electron chi connectivity index (χ1n) is 6.51. The average molecular weight is 282 g/mol. The second-order valence-electron chi connectivity index (χ2n) is 4.91. The topological polar surface area (TPSA) is 90.6 Å². The number of fused-ring (bicyclic) bond motifs is 1. The van der Waals surface area contributed by atoms with Gasteiger partial charge in [-0.15, -0.1) is 0 Å². The Morgan fingerprint density at radius 2 is 2.00 bits per heavy atom. The van der Waals surface area contributed by atoms with Gasteiger partial charge in [0.05, 0.1) is 5.52 Å². The minimum atomic E-state index is -0.467. The number of carbonyl (C=O) groups is 1. The third kappa shape index (κ3) is 2.31. The van der Waals surface area contributed by atoms with E-state index in [2.05, 4.69) is 20.5 Å². The fourth-order valence-electron chi connectivity index (χ4n) is 2.36. The lowest BCUT2D eigenvalue weighted by molar-refractivity contribution is 0.102. The molecule has 0 radical (unpaired) electrons. The Balaban J connectivity index is 1.99. The molecule has 1 amide bonds. The molecular weight excluding hydrogens is 268 g/mol. The van der Waals surface area contributed by atoms with E-state index in [1.165, 1.54) is 0 Å². The van der Waals surface area contributed by atoms with Crippen LogP contribution in [0.25, 0.3) is 10.9 Å². The van der Waals surface area contributed by atoms with Gasteiger partial charge in [-0.1, -0.05) is 12.1 Å². The molecule has 3 rings (SSSR count). The van der Waals surface area contributed by atoms with Gasteiger partial charge in [0.1, 0.15) is 5.56 Å². The zero-order valence-corrected chi connectivity index (χ0v) is 11.7. The van der Waals surface area contributed by atoms with E-state index in [4.69, 9.17) is 0 Å². The Morgan fingerprint density at radius 3 is 2.76 bits per heavy atom. The summed E-state index contributed by atoms with van der Waals surface area (Å²) in [4.78, 5) is 26.9. The Kier molecular flexibility index (Phi) is 3.06. The number of rotatable bonds is 2. The SMILES string of the molecule is Cc1cc(C)c(C(=O)Nc2n[nH]c3ccccc23)c(=O)[nH]1. The van der Waals surface area contributed by atoms with E-state index in [0.717, 1.165) is 16.6 Å². The smallest absolute Gasteiger partial charge is 0.262 e. The average Bonchev–Trinajstić information content (AvgIpc) is 2.81. The molecule has 0 spiro atoms. The molecule has 6 nitrogen and oxygen atoms in total. The van der Waals surface area contributed by atoms with E-state index in [-0.39, 0.29) is 5.56 Å². The Hall–Kier alpha value is -2.89. The van der Waals surface area contributed by atoms with Crippen LogP contribution in [0.5, 0.6) is 0 Å². The van der Waals surface area contributed by atoms with Gasteiger partial charge in [0, 0.05) is 11.1 Å². The molecular formula is C15H14N4O2. The molecule has 0 aliphatic heterocycles. The number of anilines is 1. The van der Waals surface area contributed by atoms with Gasteiger partial charge in [0.15, 0.2) is 5.82 Å². The number of carbonyl (C=O) groups excluding carboxylic acids is 1. The molecule has 106 valence electrons. The Labute approximate surface area is 120 Å². The molecule has 3 aromatic rings. The molecule has 3 N–H and O–H groups in total. The molecule has 21 heavy (non-hydrogen) atoms. The van der Waals surface area contributed by atoms with Crippen molar-refractivity contribution in [3.63, 3.8) is 0 Å². The zero-order valence-electron chi connectivity index (χ0n) is 11.7. The number of para-hydroxylation sites is 1. The van der Waals surface area contributed by atoms with Crippen molar-refractivity contribution in [3.8, 4) is 0 Å². The molecule has 0 bridgehead atoms. The van der Waals surface area contributed by atoms with Gasteiger partial charge >= 0.3 is 0 Å². The normalized spacial score (nSPS) is 10.8. The van der Waals surface area contributed by atoms with E-state index < -0.39 is 11.5 Å². The lowest BCUT2D eigenvalue weighted by atomic mass is 10.1. The first-order chi connectivity index (χ1) is 10.1. The van der Waals surface area contributed by atoms with Crippen LogP contribution in [0.15, 0.2) is 35.1 Å². The molecule has 2 heterocycles. The van der Waals surface area contributed by atoms with Gasteiger partial charge in [-0.25, -0.2) is 0 Å². The van der Waals surface area contributed by atoms with E-state index in [1.807, 2.05) is 24.3 Å². The van der Waals surface area contributed by atoms with Crippen LogP contribution in [-0.2, 0) is 0 Å². The monoisotopic (exact) mass is 282 g/mol. The second-order valence-corrected chi connectivity index (χ2v) is 4.91. The summed E-state index contributed by atoms with van der Waals surface area (Å²) in [5, 5.41) is 10.4. The number of hydrogen-bond acceptors (Lipinski definition) is 3. The maximum Gasteiger partial charge on any atom is 0.262 e. The number of aryl methyl sites for hydroxylation is 2. The molecule has 6 heteroatoms. The second kappa shape index (κ2) is 4.90. The molecule has 0 aliphatic carbocycles. The number of H-pyrrole nitrogens is 2. The summed E-state index contributed by atoms with van der Waals surface area (Å²) in [6.45, 7) is 3.51. The predicted octanol–water partition coefficient (Wildman–Crippen LogP) is 2.12. The van der Waals surface area contributed by atoms with Crippen molar-refractivity contribution in [2.75, 3.05) is 5.32 Å². The van der Waals surface area contributed by atoms with Gasteiger partial charge in [0.25, 0.3) is 11.5 Å². The van der Waals surface area contributed by atoms with Crippen LogP contribution < -0.4 is 10.9 Å². The molecule has 0 fully saturated rings. The van der Waals surface area contributed by atoms with Crippen LogP contribution >= 0.6 is 0 Å². The number of amides is 1. The van der Waals surface area contributed by atoms with E-state index in [1.54, 1.807) is 19.9 Å².